The number of benzene rings is 1. The minimum atomic E-state index is 0.0763. The van der Waals surface area contributed by atoms with Crippen molar-refractivity contribution in [2.45, 2.75) is 24.5 Å². The fourth-order valence-corrected chi connectivity index (χ4v) is 3.58. The van der Waals surface area contributed by atoms with E-state index < -0.39 is 0 Å². The standard InChI is InChI=1S/C12H12Cl2OS/c13-8-4-5-9(10(14)7-8)12(15)11-3-1-2-6-16-11/h4-5,7,11H,1-3,6H2. The van der Waals surface area contributed by atoms with Gasteiger partial charge in [-0.1, -0.05) is 29.6 Å². The van der Waals surface area contributed by atoms with Gasteiger partial charge < -0.3 is 0 Å². The second-order valence-electron chi connectivity index (χ2n) is 3.84. The lowest BCUT2D eigenvalue weighted by Gasteiger charge is -2.20. The van der Waals surface area contributed by atoms with E-state index in [2.05, 4.69) is 0 Å². The summed E-state index contributed by atoms with van der Waals surface area (Å²) in [6, 6.07) is 5.07. The minimum Gasteiger partial charge on any atom is -0.293 e. The first-order chi connectivity index (χ1) is 7.68. The Morgan fingerprint density at radius 2 is 2.12 bits per heavy atom. The number of thioether (sulfide) groups is 1. The average Bonchev–Trinajstić information content (AvgIpc) is 2.29. The van der Waals surface area contributed by atoms with Gasteiger partial charge in [0.25, 0.3) is 0 Å². The van der Waals surface area contributed by atoms with Crippen LogP contribution in [0.3, 0.4) is 0 Å². The molecule has 0 radical (unpaired) electrons. The van der Waals surface area contributed by atoms with E-state index >= 15 is 0 Å². The van der Waals surface area contributed by atoms with Crippen molar-refractivity contribution in [3.63, 3.8) is 0 Å². The van der Waals surface area contributed by atoms with Crippen LogP contribution < -0.4 is 0 Å². The fraction of sp³-hybridized carbons (Fsp3) is 0.417. The van der Waals surface area contributed by atoms with Gasteiger partial charge in [0.05, 0.1) is 10.3 Å². The molecule has 1 aliphatic heterocycles. The molecule has 0 bridgehead atoms. The number of ketones is 1. The van der Waals surface area contributed by atoms with Crippen LogP contribution in [-0.4, -0.2) is 16.8 Å². The highest BCUT2D eigenvalue weighted by atomic mass is 35.5. The molecule has 0 N–H and O–H groups in total. The molecule has 0 saturated carbocycles. The van der Waals surface area contributed by atoms with Gasteiger partial charge in [-0.3, -0.25) is 4.79 Å². The maximum absolute atomic E-state index is 12.2. The number of rotatable bonds is 2. The molecule has 1 nitrogen and oxygen atoms in total. The van der Waals surface area contributed by atoms with Crippen molar-refractivity contribution in [3.05, 3.63) is 33.8 Å². The monoisotopic (exact) mass is 274 g/mol. The van der Waals surface area contributed by atoms with Gasteiger partial charge in [-0.25, -0.2) is 0 Å². The molecule has 2 rings (SSSR count). The van der Waals surface area contributed by atoms with Gasteiger partial charge in [0.2, 0.25) is 0 Å². The molecule has 4 heteroatoms. The summed E-state index contributed by atoms with van der Waals surface area (Å²) < 4.78 is 0. The lowest BCUT2D eigenvalue weighted by Crippen LogP contribution is -2.21. The Morgan fingerprint density at radius 1 is 1.31 bits per heavy atom. The molecule has 86 valence electrons. The van der Waals surface area contributed by atoms with Gasteiger partial charge in [0.1, 0.15) is 0 Å². The van der Waals surface area contributed by atoms with E-state index in [0.29, 0.717) is 15.6 Å². The second-order valence-corrected chi connectivity index (χ2v) is 6.00. The van der Waals surface area contributed by atoms with Crippen molar-refractivity contribution >= 4 is 40.7 Å². The van der Waals surface area contributed by atoms with Crippen LogP contribution in [-0.2, 0) is 0 Å². The third-order valence-electron chi connectivity index (χ3n) is 2.67. The number of Topliss-reactive ketones (excluding diaryl/α,β-unsaturated/α-hetero) is 1. The molecule has 1 aromatic carbocycles. The summed E-state index contributed by atoms with van der Waals surface area (Å²) in [7, 11) is 0. The van der Waals surface area contributed by atoms with Gasteiger partial charge in [-0.2, -0.15) is 11.8 Å². The van der Waals surface area contributed by atoms with Crippen LogP contribution in [0.25, 0.3) is 0 Å². The zero-order chi connectivity index (χ0) is 11.5. The zero-order valence-corrected chi connectivity index (χ0v) is 11.0. The van der Waals surface area contributed by atoms with Crippen LogP contribution in [0.5, 0.6) is 0 Å². The molecular weight excluding hydrogens is 263 g/mol. The van der Waals surface area contributed by atoms with E-state index in [1.807, 2.05) is 0 Å². The Balaban J connectivity index is 2.19. The molecule has 1 heterocycles. The van der Waals surface area contributed by atoms with Crippen molar-refractivity contribution in [1.82, 2.24) is 0 Å². The van der Waals surface area contributed by atoms with Gasteiger partial charge in [0.15, 0.2) is 5.78 Å². The highest BCUT2D eigenvalue weighted by molar-refractivity contribution is 8.00. The number of hydrogen-bond donors (Lipinski definition) is 0. The average molecular weight is 275 g/mol. The molecule has 0 aromatic heterocycles. The quantitative estimate of drug-likeness (QED) is 0.741. The summed E-state index contributed by atoms with van der Waals surface area (Å²) >= 11 is 13.6. The third-order valence-corrected chi connectivity index (χ3v) is 4.59. The Kier molecular flexibility index (Phi) is 4.17. The Labute approximate surface area is 110 Å². The summed E-state index contributed by atoms with van der Waals surface area (Å²) in [5.74, 6) is 1.22. The minimum absolute atomic E-state index is 0.0763. The first-order valence-electron chi connectivity index (χ1n) is 5.29. The first kappa shape index (κ1) is 12.3. The summed E-state index contributed by atoms with van der Waals surface area (Å²) in [5.41, 5.74) is 0.602. The van der Waals surface area contributed by atoms with E-state index in [9.17, 15) is 4.79 Å². The summed E-state index contributed by atoms with van der Waals surface area (Å²) in [4.78, 5) is 12.2. The Hall–Kier alpha value is -0.180. The van der Waals surface area contributed by atoms with E-state index in [4.69, 9.17) is 23.2 Å². The van der Waals surface area contributed by atoms with Crippen LogP contribution >= 0.6 is 35.0 Å². The molecule has 1 saturated heterocycles. The molecule has 0 aliphatic carbocycles. The maximum Gasteiger partial charge on any atom is 0.177 e. The SMILES string of the molecule is O=C(c1ccc(Cl)cc1Cl)C1CCCCS1. The van der Waals surface area contributed by atoms with E-state index in [-0.39, 0.29) is 11.0 Å². The summed E-state index contributed by atoms with van der Waals surface area (Å²) in [6.07, 6.45) is 3.31. The van der Waals surface area contributed by atoms with Gasteiger partial charge in [-0.15, -0.1) is 0 Å². The molecule has 16 heavy (non-hydrogen) atoms. The van der Waals surface area contributed by atoms with Crippen LogP contribution in [0.1, 0.15) is 29.6 Å². The maximum atomic E-state index is 12.2. The Bertz CT molecular complexity index is 400. The van der Waals surface area contributed by atoms with E-state index in [1.54, 1.807) is 30.0 Å². The van der Waals surface area contributed by atoms with Crippen LogP contribution in [0.4, 0.5) is 0 Å². The lowest BCUT2D eigenvalue weighted by atomic mass is 10.0. The van der Waals surface area contributed by atoms with Gasteiger partial charge in [0, 0.05) is 10.6 Å². The predicted octanol–water partition coefficient (Wildman–Crippen LogP) is 4.46. The van der Waals surface area contributed by atoms with Crippen LogP contribution in [0.15, 0.2) is 18.2 Å². The van der Waals surface area contributed by atoms with Crippen molar-refractivity contribution in [2.75, 3.05) is 5.75 Å². The molecule has 1 aromatic rings. The predicted molar refractivity (Wildman–Crippen MR) is 70.9 cm³/mol. The van der Waals surface area contributed by atoms with Crippen LogP contribution in [0.2, 0.25) is 10.0 Å². The van der Waals surface area contributed by atoms with Crippen molar-refractivity contribution in [3.8, 4) is 0 Å². The third kappa shape index (κ3) is 2.73. The molecule has 1 fully saturated rings. The molecule has 1 unspecified atom stereocenters. The number of carbonyl (C=O) groups is 1. The van der Waals surface area contributed by atoms with Crippen molar-refractivity contribution < 1.29 is 4.79 Å². The highest BCUT2D eigenvalue weighted by Crippen LogP contribution is 2.30. The topological polar surface area (TPSA) is 17.1 Å². The molecule has 0 amide bonds. The Morgan fingerprint density at radius 3 is 2.75 bits per heavy atom. The number of halogens is 2. The van der Waals surface area contributed by atoms with Gasteiger partial charge in [-0.05, 0) is 36.8 Å². The lowest BCUT2D eigenvalue weighted by molar-refractivity contribution is 0.0985. The smallest absolute Gasteiger partial charge is 0.177 e. The van der Waals surface area contributed by atoms with Crippen molar-refractivity contribution in [2.24, 2.45) is 0 Å². The highest BCUT2D eigenvalue weighted by Gasteiger charge is 2.24. The number of hydrogen-bond acceptors (Lipinski definition) is 2. The molecule has 0 spiro atoms. The summed E-state index contributed by atoms with van der Waals surface area (Å²) in [5, 5.41) is 1.11. The largest absolute Gasteiger partial charge is 0.293 e. The fourth-order valence-electron chi connectivity index (χ4n) is 1.81. The van der Waals surface area contributed by atoms with Crippen molar-refractivity contribution in [1.29, 1.82) is 0 Å². The van der Waals surface area contributed by atoms with E-state index in [1.165, 1.54) is 6.42 Å². The number of carbonyl (C=O) groups excluding carboxylic acids is 1. The molecular formula is C12H12Cl2OS. The van der Waals surface area contributed by atoms with Crippen LogP contribution in [0, 0.1) is 0 Å². The second kappa shape index (κ2) is 5.44. The normalized spacial score (nSPS) is 20.8. The zero-order valence-electron chi connectivity index (χ0n) is 8.71. The van der Waals surface area contributed by atoms with Gasteiger partial charge >= 0.3 is 0 Å². The first-order valence-corrected chi connectivity index (χ1v) is 7.10. The summed E-state index contributed by atoms with van der Waals surface area (Å²) in [6.45, 7) is 0. The molecule has 1 atom stereocenters. The molecule has 1 aliphatic rings. The van der Waals surface area contributed by atoms with E-state index in [0.717, 1.165) is 18.6 Å².